The zero-order valence-electron chi connectivity index (χ0n) is 10.8. The largest absolute Gasteiger partial charge is 0.357 e. The van der Waals surface area contributed by atoms with Crippen molar-refractivity contribution >= 4 is 23.0 Å². The van der Waals surface area contributed by atoms with Crippen LogP contribution in [0.25, 0.3) is 0 Å². The molecule has 1 aliphatic heterocycles. The van der Waals surface area contributed by atoms with E-state index in [0.29, 0.717) is 18.8 Å². The number of halogens is 1. The van der Waals surface area contributed by atoms with Gasteiger partial charge in [0.1, 0.15) is 5.69 Å². The fraction of sp³-hybridized carbons (Fsp3) is 0.200. The lowest BCUT2D eigenvalue weighted by atomic mass is 10.1. The summed E-state index contributed by atoms with van der Waals surface area (Å²) in [5.74, 6) is 0.279. The summed E-state index contributed by atoms with van der Waals surface area (Å²) in [6.45, 7) is 1.41. The second kappa shape index (κ2) is 5.13. The molecule has 0 aromatic heterocycles. The Hall–Kier alpha value is -2.07. The minimum absolute atomic E-state index is 0.121. The highest BCUT2D eigenvalue weighted by Crippen LogP contribution is 2.35. The molecular weight excluding hydrogens is 276 g/mol. The summed E-state index contributed by atoms with van der Waals surface area (Å²) >= 11 is 5.75. The van der Waals surface area contributed by atoms with Crippen LogP contribution in [0.15, 0.2) is 42.5 Å². The zero-order chi connectivity index (χ0) is 14.1. The van der Waals surface area contributed by atoms with Crippen LogP contribution >= 0.6 is 11.6 Å². The van der Waals surface area contributed by atoms with Gasteiger partial charge < -0.3 is 4.90 Å². The van der Waals surface area contributed by atoms with E-state index < -0.39 is 0 Å². The molecule has 0 saturated heterocycles. The van der Waals surface area contributed by atoms with Crippen molar-refractivity contribution in [1.29, 1.82) is 0 Å². The van der Waals surface area contributed by atoms with E-state index >= 15 is 0 Å². The van der Waals surface area contributed by atoms with Crippen LogP contribution in [-0.2, 0) is 19.0 Å². The van der Waals surface area contributed by atoms with E-state index in [0.717, 1.165) is 5.56 Å². The molecule has 0 radical (unpaired) electrons. The third-order valence-corrected chi connectivity index (χ3v) is 3.88. The molecule has 102 valence electrons. The number of hydrogen-bond acceptors (Lipinski definition) is 3. The van der Waals surface area contributed by atoms with Crippen LogP contribution < -0.4 is 4.90 Å². The summed E-state index contributed by atoms with van der Waals surface area (Å²) in [5.41, 5.74) is 3.99. The van der Waals surface area contributed by atoms with Crippen LogP contribution in [0.2, 0.25) is 0 Å². The number of alkyl halides is 1. The van der Waals surface area contributed by atoms with Gasteiger partial charge in [-0.1, -0.05) is 30.3 Å². The highest BCUT2D eigenvalue weighted by Gasteiger charge is 2.25. The highest BCUT2D eigenvalue weighted by molar-refractivity contribution is 6.17. The van der Waals surface area contributed by atoms with Crippen molar-refractivity contribution in [1.82, 2.24) is 0 Å². The molecule has 0 unspecified atom stereocenters. The molecular formula is C15H13ClN2O2. The van der Waals surface area contributed by atoms with Gasteiger partial charge in [0, 0.05) is 25.0 Å². The standard InChI is InChI=1S/C15H13ClN2O2/c16-8-11-5-6-14(15(7-11)18(19)20)17-9-12-3-1-2-4-13(12)10-17/h1-7H,8-10H2. The zero-order valence-corrected chi connectivity index (χ0v) is 11.5. The first-order valence-corrected chi connectivity index (χ1v) is 6.87. The van der Waals surface area contributed by atoms with Gasteiger partial charge in [-0.25, -0.2) is 0 Å². The maximum absolute atomic E-state index is 11.3. The molecule has 0 aliphatic carbocycles. The number of anilines is 1. The first kappa shape index (κ1) is 12.9. The van der Waals surface area contributed by atoms with E-state index in [1.807, 2.05) is 23.1 Å². The fourth-order valence-corrected chi connectivity index (χ4v) is 2.74. The van der Waals surface area contributed by atoms with Gasteiger partial charge >= 0.3 is 0 Å². The Balaban J connectivity index is 1.98. The molecule has 0 amide bonds. The summed E-state index contributed by atoms with van der Waals surface area (Å²) < 4.78 is 0. The van der Waals surface area contributed by atoms with Gasteiger partial charge in [0.25, 0.3) is 5.69 Å². The van der Waals surface area contributed by atoms with Crippen LogP contribution in [0.4, 0.5) is 11.4 Å². The second-order valence-corrected chi connectivity index (χ2v) is 5.11. The van der Waals surface area contributed by atoms with Crippen molar-refractivity contribution in [2.45, 2.75) is 19.0 Å². The normalized spacial score (nSPS) is 13.3. The predicted octanol–water partition coefficient (Wildman–Crippen LogP) is 3.85. The number of nitrogens with zero attached hydrogens (tertiary/aromatic N) is 2. The van der Waals surface area contributed by atoms with Gasteiger partial charge in [0.2, 0.25) is 0 Å². The molecule has 3 rings (SSSR count). The quantitative estimate of drug-likeness (QED) is 0.489. The van der Waals surface area contributed by atoms with Crippen molar-refractivity contribution < 1.29 is 4.92 Å². The molecule has 1 aliphatic rings. The summed E-state index contributed by atoms with van der Waals surface area (Å²) in [5, 5.41) is 11.3. The average molecular weight is 289 g/mol. The monoisotopic (exact) mass is 288 g/mol. The van der Waals surface area contributed by atoms with E-state index in [-0.39, 0.29) is 16.5 Å². The van der Waals surface area contributed by atoms with Crippen LogP contribution in [0.3, 0.4) is 0 Å². The summed E-state index contributed by atoms with van der Waals surface area (Å²) in [4.78, 5) is 12.9. The molecule has 0 spiro atoms. The van der Waals surface area contributed by atoms with Crippen molar-refractivity contribution in [3.8, 4) is 0 Å². The highest BCUT2D eigenvalue weighted by atomic mass is 35.5. The Morgan fingerprint density at radius 1 is 1.15 bits per heavy atom. The number of nitro benzene ring substituents is 1. The number of nitro groups is 1. The summed E-state index contributed by atoms with van der Waals surface area (Å²) in [7, 11) is 0. The van der Waals surface area contributed by atoms with Crippen molar-refractivity contribution in [2.24, 2.45) is 0 Å². The lowest BCUT2D eigenvalue weighted by Crippen LogP contribution is -2.16. The van der Waals surface area contributed by atoms with Crippen LogP contribution in [0, 0.1) is 10.1 Å². The third-order valence-electron chi connectivity index (χ3n) is 3.57. The lowest BCUT2D eigenvalue weighted by molar-refractivity contribution is -0.384. The maximum Gasteiger partial charge on any atom is 0.292 e. The van der Waals surface area contributed by atoms with Crippen molar-refractivity contribution in [3.05, 3.63) is 69.3 Å². The van der Waals surface area contributed by atoms with Crippen LogP contribution in [0.1, 0.15) is 16.7 Å². The Morgan fingerprint density at radius 3 is 2.35 bits per heavy atom. The summed E-state index contributed by atoms with van der Waals surface area (Å²) in [6, 6.07) is 13.3. The van der Waals surface area contributed by atoms with Crippen LogP contribution in [-0.4, -0.2) is 4.92 Å². The number of benzene rings is 2. The van der Waals surface area contributed by atoms with Gasteiger partial charge in [-0.2, -0.15) is 0 Å². The van der Waals surface area contributed by atoms with E-state index in [2.05, 4.69) is 12.1 Å². The molecule has 4 nitrogen and oxygen atoms in total. The van der Waals surface area contributed by atoms with E-state index in [9.17, 15) is 10.1 Å². The van der Waals surface area contributed by atoms with E-state index in [1.54, 1.807) is 12.1 Å². The molecule has 0 fully saturated rings. The third kappa shape index (κ3) is 2.23. The Morgan fingerprint density at radius 2 is 1.80 bits per heavy atom. The first-order chi connectivity index (χ1) is 9.69. The molecule has 0 bridgehead atoms. The summed E-state index contributed by atoms with van der Waals surface area (Å²) in [6.07, 6.45) is 0. The maximum atomic E-state index is 11.3. The van der Waals surface area contributed by atoms with Gasteiger partial charge in [0.15, 0.2) is 0 Å². The number of rotatable bonds is 3. The molecule has 2 aromatic carbocycles. The fourth-order valence-electron chi connectivity index (χ4n) is 2.57. The molecule has 2 aromatic rings. The lowest BCUT2D eigenvalue weighted by Gasteiger charge is -2.18. The molecule has 20 heavy (non-hydrogen) atoms. The Kier molecular flexibility index (Phi) is 3.32. The Bertz CT molecular complexity index is 648. The topological polar surface area (TPSA) is 46.4 Å². The first-order valence-electron chi connectivity index (χ1n) is 6.34. The Labute approximate surface area is 121 Å². The van der Waals surface area contributed by atoms with Crippen molar-refractivity contribution in [2.75, 3.05) is 4.90 Å². The van der Waals surface area contributed by atoms with E-state index in [4.69, 9.17) is 11.6 Å². The molecule has 0 saturated carbocycles. The predicted molar refractivity (Wildman–Crippen MR) is 79.0 cm³/mol. The van der Waals surface area contributed by atoms with Gasteiger partial charge in [-0.3, -0.25) is 10.1 Å². The second-order valence-electron chi connectivity index (χ2n) is 4.84. The molecule has 0 N–H and O–H groups in total. The van der Waals surface area contributed by atoms with Gasteiger partial charge in [-0.05, 0) is 22.8 Å². The number of hydrogen-bond donors (Lipinski definition) is 0. The minimum atomic E-state index is -0.339. The molecule has 5 heteroatoms. The minimum Gasteiger partial charge on any atom is -0.357 e. The van der Waals surface area contributed by atoms with Crippen molar-refractivity contribution in [3.63, 3.8) is 0 Å². The van der Waals surface area contributed by atoms with Gasteiger partial charge in [-0.15, -0.1) is 11.6 Å². The molecule has 1 heterocycles. The van der Waals surface area contributed by atoms with Gasteiger partial charge in [0.05, 0.1) is 4.92 Å². The number of fused-ring (bicyclic) bond motifs is 1. The smallest absolute Gasteiger partial charge is 0.292 e. The molecule has 0 atom stereocenters. The SMILES string of the molecule is O=[N+]([O-])c1cc(CCl)ccc1N1Cc2ccccc2C1. The van der Waals surface area contributed by atoms with Crippen LogP contribution in [0.5, 0.6) is 0 Å². The van der Waals surface area contributed by atoms with E-state index in [1.165, 1.54) is 11.1 Å². The average Bonchev–Trinajstić information content (AvgIpc) is 2.90.